The van der Waals surface area contributed by atoms with Crippen molar-refractivity contribution in [1.29, 1.82) is 5.26 Å². The summed E-state index contributed by atoms with van der Waals surface area (Å²) in [5.41, 5.74) is 3.73. The van der Waals surface area contributed by atoms with Gasteiger partial charge in [-0.15, -0.1) is 0 Å². The van der Waals surface area contributed by atoms with Crippen LogP contribution in [0.3, 0.4) is 0 Å². The van der Waals surface area contributed by atoms with Gasteiger partial charge < -0.3 is 5.32 Å². The van der Waals surface area contributed by atoms with Gasteiger partial charge in [0.2, 0.25) is 0 Å². The van der Waals surface area contributed by atoms with Gasteiger partial charge in [0, 0.05) is 48.9 Å². The van der Waals surface area contributed by atoms with Crippen LogP contribution in [0, 0.1) is 11.3 Å². The van der Waals surface area contributed by atoms with E-state index >= 15 is 0 Å². The third-order valence-electron chi connectivity index (χ3n) is 3.54. The van der Waals surface area contributed by atoms with E-state index in [1.807, 2.05) is 25.4 Å². The van der Waals surface area contributed by atoms with Crippen molar-refractivity contribution in [2.24, 2.45) is 7.05 Å². The number of hydrogen-bond donors (Lipinski definition) is 1. The van der Waals surface area contributed by atoms with Crippen molar-refractivity contribution in [1.82, 2.24) is 20.1 Å². The highest BCUT2D eigenvalue weighted by Crippen LogP contribution is 2.18. The fraction of sp³-hybridized carbons (Fsp3) is 0.111. The Kier molecular flexibility index (Phi) is 4.34. The number of carbonyl (C=O) groups excluding carboxylic acids is 1. The average molecular weight is 317 g/mol. The molecule has 0 atom stereocenters. The number of benzene rings is 1. The fourth-order valence-corrected chi connectivity index (χ4v) is 2.33. The Balaban J connectivity index is 1.70. The van der Waals surface area contributed by atoms with Gasteiger partial charge in [-0.3, -0.25) is 14.5 Å². The van der Waals surface area contributed by atoms with Crippen LogP contribution >= 0.6 is 0 Å². The van der Waals surface area contributed by atoms with Gasteiger partial charge in [-0.1, -0.05) is 6.07 Å². The molecule has 0 aliphatic rings. The lowest BCUT2D eigenvalue weighted by Gasteiger charge is -2.06. The maximum atomic E-state index is 12.2. The van der Waals surface area contributed by atoms with E-state index in [1.54, 1.807) is 47.5 Å². The van der Waals surface area contributed by atoms with Crippen LogP contribution in [0.25, 0.3) is 11.1 Å². The van der Waals surface area contributed by atoms with E-state index in [2.05, 4.69) is 15.4 Å². The Hall–Kier alpha value is -3.46. The van der Waals surface area contributed by atoms with Gasteiger partial charge in [-0.2, -0.15) is 10.4 Å². The first-order valence-electron chi connectivity index (χ1n) is 7.37. The summed E-state index contributed by atoms with van der Waals surface area (Å²) in [6.07, 6.45) is 7.16. The molecule has 0 radical (unpaired) electrons. The molecule has 3 rings (SSSR count). The molecule has 1 aromatic carbocycles. The standard InChI is InChI=1S/C18H15N5O/c1-23-12-17(11-22-23)16-6-14(8-20-10-16)9-21-18(24)15-4-2-3-13(5-15)7-19/h2-6,8,10-12H,9H2,1H3,(H,21,24). The van der Waals surface area contributed by atoms with Gasteiger partial charge in [-0.05, 0) is 29.8 Å². The van der Waals surface area contributed by atoms with Crippen LogP contribution in [0.1, 0.15) is 21.5 Å². The lowest BCUT2D eigenvalue weighted by atomic mass is 10.1. The molecule has 3 aromatic rings. The summed E-state index contributed by atoms with van der Waals surface area (Å²) < 4.78 is 1.73. The summed E-state index contributed by atoms with van der Waals surface area (Å²) in [4.78, 5) is 16.4. The lowest BCUT2D eigenvalue weighted by molar-refractivity contribution is 0.0951. The average Bonchev–Trinajstić information content (AvgIpc) is 3.06. The van der Waals surface area contributed by atoms with E-state index in [4.69, 9.17) is 5.26 Å². The van der Waals surface area contributed by atoms with Crippen molar-refractivity contribution < 1.29 is 4.79 Å². The summed E-state index contributed by atoms with van der Waals surface area (Å²) in [5.74, 6) is -0.223. The minimum absolute atomic E-state index is 0.223. The molecule has 2 heterocycles. The van der Waals surface area contributed by atoms with Crippen LogP contribution < -0.4 is 5.32 Å². The number of carbonyl (C=O) groups is 1. The molecule has 0 fully saturated rings. The van der Waals surface area contributed by atoms with Crippen LogP contribution in [0.5, 0.6) is 0 Å². The van der Waals surface area contributed by atoms with Crippen molar-refractivity contribution >= 4 is 5.91 Å². The zero-order valence-electron chi connectivity index (χ0n) is 13.1. The summed E-state index contributed by atoms with van der Waals surface area (Å²) in [6.45, 7) is 0.358. The minimum atomic E-state index is -0.223. The first-order valence-corrected chi connectivity index (χ1v) is 7.37. The van der Waals surface area contributed by atoms with E-state index in [9.17, 15) is 4.79 Å². The highest BCUT2D eigenvalue weighted by atomic mass is 16.1. The van der Waals surface area contributed by atoms with E-state index in [0.29, 0.717) is 17.7 Å². The molecule has 6 heteroatoms. The van der Waals surface area contributed by atoms with Crippen molar-refractivity contribution in [2.75, 3.05) is 0 Å². The third kappa shape index (κ3) is 3.47. The predicted octanol–water partition coefficient (Wildman–Crippen LogP) is 2.28. The number of rotatable bonds is 4. The van der Waals surface area contributed by atoms with E-state index < -0.39 is 0 Å². The SMILES string of the molecule is Cn1cc(-c2cncc(CNC(=O)c3cccc(C#N)c3)c2)cn1. The highest BCUT2D eigenvalue weighted by molar-refractivity contribution is 5.94. The molecule has 6 nitrogen and oxygen atoms in total. The van der Waals surface area contributed by atoms with Crippen molar-refractivity contribution in [3.63, 3.8) is 0 Å². The molecule has 1 amide bonds. The first-order chi connectivity index (χ1) is 11.7. The quantitative estimate of drug-likeness (QED) is 0.800. The molecule has 0 unspecified atom stereocenters. The number of nitrogens with zero attached hydrogens (tertiary/aromatic N) is 4. The normalized spacial score (nSPS) is 10.2. The molecule has 24 heavy (non-hydrogen) atoms. The maximum absolute atomic E-state index is 12.2. The second kappa shape index (κ2) is 6.75. The van der Waals surface area contributed by atoms with Crippen molar-refractivity contribution in [3.05, 3.63) is 71.8 Å². The summed E-state index contributed by atoms with van der Waals surface area (Å²) >= 11 is 0. The Bertz CT molecular complexity index is 923. The molecular formula is C18H15N5O. The number of hydrogen-bond acceptors (Lipinski definition) is 4. The Morgan fingerprint density at radius 3 is 2.88 bits per heavy atom. The number of aromatic nitrogens is 3. The molecular weight excluding hydrogens is 302 g/mol. The van der Waals surface area contributed by atoms with E-state index in [-0.39, 0.29) is 5.91 Å². The second-order valence-electron chi connectivity index (χ2n) is 5.36. The molecule has 0 spiro atoms. The fourth-order valence-electron chi connectivity index (χ4n) is 2.33. The molecule has 2 aromatic heterocycles. The summed E-state index contributed by atoms with van der Waals surface area (Å²) in [6, 6.07) is 10.6. The van der Waals surface area contributed by atoms with Gasteiger partial charge in [0.05, 0.1) is 17.8 Å². The van der Waals surface area contributed by atoms with Gasteiger partial charge >= 0.3 is 0 Å². The van der Waals surface area contributed by atoms with Gasteiger partial charge in [-0.25, -0.2) is 0 Å². The summed E-state index contributed by atoms with van der Waals surface area (Å²) in [7, 11) is 1.86. The van der Waals surface area contributed by atoms with Crippen molar-refractivity contribution in [3.8, 4) is 17.2 Å². The molecule has 0 saturated carbocycles. The van der Waals surface area contributed by atoms with Crippen LogP contribution in [0.15, 0.2) is 55.1 Å². The number of aryl methyl sites for hydroxylation is 1. The Morgan fingerprint density at radius 1 is 1.25 bits per heavy atom. The number of nitriles is 1. The predicted molar refractivity (Wildman–Crippen MR) is 88.8 cm³/mol. The summed E-state index contributed by atoms with van der Waals surface area (Å²) in [5, 5.41) is 15.9. The zero-order valence-corrected chi connectivity index (χ0v) is 13.1. The zero-order chi connectivity index (χ0) is 16.9. The minimum Gasteiger partial charge on any atom is -0.348 e. The van der Waals surface area contributed by atoms with Crippen LogP contribution in [0.2, 0.25) is 0 Å². The number of amides is 1. The lowest BCUT2D eigenvalue weighted by Crippen LogP contribution is -2.22. The molecule has 0 saturated heterocycles. The molecule has 0 bridgehead atoms. The van der Waals surface area contributed by atoms with E-state index in [0.717, 1.165) is 16.7 Å². The molecule has 0 aliphatic carbocycles. The van der Waals surface area contributed by atoms with E-state index in [1.165, 1.54) is 0 Å². The van der Waals surface area contributed by atoms with Gasteiger partial charge in [0.25, 0.3) is 5.91 Å². The Labute approximate surface area is 139 Å². The maximum Gasteiger partial charge on any atom is 0.251 e. The largest absolute Gasteiger partial charge is 0.348 e. The molecule has 1 N–H and O–H groups in total. The van der Waals surface area contributed by atoms with Gasteiger partial charge in [0.1, 0.15) is 0 Å². The number of nitrogens with one attached hydrogen (secondary N) is 1. The van der Waals surface area contributed by atoms with Crippen molar-refractivity contribution in [2.45, 2.75) is 6.54 Å². The van der Waals surface area contributed by atoms with Crippen LogP contribution in [0.4, 0.5) is 0 Å². The number of pyridine rings is 1. The topological polar surface area (TPSA) is 83.6 Å². The second-order valence-corrected chi connectivity index (χ2v) is 5.36. The van der Waals surface area contributed by atoms with Crippen LogP contribution in [-0.4, -0.2) is 20.7 Å². The first kappa shape index (κ1) is 15.4. The monoisotopic (exact) mass is 317 g/mol. The molecule has 0 aliphatic heterocycles. The Morgan fingerprint density at radius 2 is 2.12 bits per heavy atom. The van der Waals surface area contributed by atoms with Gasteiger partial charge in [0.15, 0.2) is 0 Å². The third-order valence-corrected chi connectivity index (χ3v) is 3.54. The molecule has 118 valence electrons. The smallest absolute Gasteiger partial charge is 0.251 e. The highest BCUT2D eigenvalue weighted by Gasteiger charge is 2.07. The van der Waals surface area contributed by atoms with Crippen LogP contribution in [-0.2, 0) is 13.6 Å².